The Morgan fingerprint density at radius 3 is 2.12 bits per heavy atom. The summed E-state index contributed by atoms with van der Waals surface area (Å²) in [5, 5.41) is 0. The maximum absolute atomic E-state index is 10.9. The Morgan fingerprint density at radius 2 is 1.65 bits per heavy atom. The van der Waals surface area contributed by atoms with Crippen LogP contribution in [0.15, 0.2) is 24.3 Å². The molecule has 0 N–H and O–H groups in total. The van der Waals surface area contributed by atoms with Crippen LogP contribution in [0.5, 0.6) is 0 Å². The first-order valence-corrected chi connectivity index (χ1v) is 6.41. The Labute approximate surface area is 105 Å². The first-order valence-electron chi connectivity index (χ1n) is 6.41. The van der Waals surface area contributed by atoms with Crippen molar-refractivity contribution in [2.75, 3.05) is 7.11 Å². The largest absolute Gasteiger partial charge is 0.469 e. The molecule has 1 rings (SSSR count). The van der Waals surface area contributed by atoms with Crippen LogP contribution in [0, 0.1) is 0 Å². The fraction of sp³-hybridized carbons (Fsp3) is 0.533. The summed E-state index contributed by atoms with van der Waals surface area (Å²) in [6.45, 7) is 6.15. The first kappa shape index (κ1) is 15.7. The number of carbonyl (C=O) groups is 1. The molecule has 0 atom stereocenters. The van der Waals surface area contributed by atoms with Crippen LogP contribution in [-0.4, -0.2) is 13.1 Å². The van der Waals surface area contributed by atoms with Gasteiger partial charge in [0.15, 0.2) is 0 Å². The van der Waals surface area contributed by atoms with Crippen molar-refractivity contribution < 1.29 is 9.53 Å². The van der Waals surface area contributed by atoms with Gasteiger partial charge in [0.05, 0.1) is 7.11 Å². The lowest BCUT2D eigenvalue weighted by Crippen LogP contribution is -2.00. The van der Waals surface area contributed by atoms with E-state index >= 15 is 0 Å². The molecule has 96 valence electrons. The molecule has 1 aromatic rings. The van der Waals surface area contributed by atoms with Gasteiger partial charge in [-0.1, -0.05) is 45.0 Å². The molecule has 0 fully saturated rings. The van der Waals surface area contributed by atoms with Crippen molar-refractivity contribution in [3.05, 3.63) is 35.4 Å². The lowest BCUT2D eigenvalue weighted by atomic mass is 10.1. The normalized spacial score (nSPS) is 9.18. The smallest absolute Gasteiger partial charge is 0.305 e. The molecular formula is C15H24O2. The van der Waals surface area contributed by atoms with Gasteiger partial charge in [-0.15, -0.1) is 0 Å². The summed E-state index contributed by atoms with van der Waals surface area (Å²) in [7, 11) is 1.43. The second kappa shape index (κ2) is 9.88. The van der Waals surface area contributed by atoms with Gasteiger partial charge in [-0.2, -0.15) is 0 Å². The van der Waals surface area contributed by atoms with E-state index in [-0.39, 0.29) is 5.97 Å². The predicted octanol–water partition coefficient (Wildman–Crippen LogP) is 3.77. The molecule has 0 unspecified atom stereocenters. The molecule has 0 heterocycles. The second-order valence-corrected chi connectivity index (χ2v) is 3.60. The van der Waals surface area contributed by atoms with E-state index in [1.54, 1.807) is 0 Å². The molecule has 0 radical (unpaired) electrons. The van der Waals surface area contributed by atoms with Gasteiger partial charge in [0.25, 0.3) is 0 Å². The highest BCUT2D eigenvalue weighted by atomic mass is 16.5. The molecule has 1 aromatic carbocycles. The van der Waals surface area contributed by atoms with Gasteiger partial charge < -0.3 is 4.74 Å². The predicted molar refractivity (Wildman–Crippen MR) is 72.1 cm³/mol. The summed E-state index contributed by atoms with van der Waals surface area (Å²) in [5.74, 6) is -0.125. The highest BCUT2D eigenvalue weighted by Gasteiger charge is 2.00. The number of methoxy groups -OCH3 is 1. The van der Waals surface area contributed by atoms with Crippen LogP contribution in [-0.2, 0) is 22.4 Å². The number of rotatable bonds is 5. The van der Waals surface area contributed by atoms with Crippen LogP contribution < -0.4 is 0 Å². The topological polar surface area (TPSA) is 26.3 Å². The minimum atomic E-state index is -0.125. The zero-order valence-corrected chi connectivity index (χ0v) is 11.5. The molecule has 0 spiro atoms. The first-order chi connectivity index (χ1) is 8.26. The fourth-order valence-electron chi connectivity index (χ4n) is 1.48. The molecule has 0 aromatic heterocycles. The molecule has 0 bridgehead atoms. The van der Waals surface area contributed by atoms with Crippen LogP contribution in [0.2, 0.25) is 0 Å². The second-order valence-electron chi connectivity index (χ2n) is 3.60. The highest BCUT2D eigenvalue weighted by molar-refractivity contribution is 5.69. The SMILES string of the molecule is CC.CCc1ccc(CCCC(=O)OC)cc1. The van der Waals surface area contributed by atoms with E-state index in [4.69, 9.17) is 0 Å². The maximum Gasteiger partial charge on any atom is 0.305 e. The molecular weight excluding hydrogens is 212 g/mol. The van der Waals surface area contributed by atoms with Crippen molar-refractivity contribution in [2.45, 2.75) is 46.5 Å². The van der Waals surface area contributed by atoms with E-state index in [1.165, 1.54) is 18.2 Å². The zero-order valence-electron chi connectivity index (χ0n) is 11.5. The van der Waals surface area contributed by atoms with Crippen molar-refractivity contribution in [3.63, 3.8) is 0 Å². The summed E-state index contributed by atoms with van der Waals surface area (Å²) >= 11 is 0. The van der Waals surface area contributed by atoms with Crippen LogP contribution >= 0.6 is 0 Å². The van der Waals surface area contributed by atoms with Gasteiger partial charge in [-0.3, -0.25) is 4.79 Å². The Hall–Kier alpha value is -1.31. The molecule has 0 aliphatic carbocycles. The number of benzene rings is 1. The van der Waals surface area contributed by atoms with E-state index in [0.717, 1.165) is 19.3 Å². The quantitative estimate of drug-likeness (QED) is 0.727. The Bertz CT molecular complexity index is 301. The molecule has 2 nitrogen and oxygen atoms in total. The number of carbonyl (C=O) groups excluding carboxylic acids is 1. The molecule has 0 aliphatic heterocycles. The summed E-state index contributed by atoms with van der Waals surface area (Å²) in [4.78, 5) is 10.9. The van der Waals surface area contributed by atoms with Crippen LogP contribution in [0.4, 0.5) is 0 Å². The number of aryl methyl sites for hydroxylation is 2. The number of ether oxygens (including phenoxy) is 1. The zero-order chi connectivity index (χ0) is 13.1. The van der Waals surface area contributed by atoms with Crippen molar-refractivity contribution in [2.24, 2.45) is 0 Å². The molecule has 0 aliphatic rings. The average molecular weight is 236 g/mol. The minimum absolute atomic E-state index is 0.125. The lowest BCUT2D eigenvalue weighted by molar-refractivity contribution is -0.140. The van der Waals surface area contributed by atoms with Crippen LogP contribution in [0.25, 0.3) is 0 Å². The monoisotopic (exact) mass is 236 g/mol. The molecule has 0 saturated carbocycles. The number of esters is 1. The van der Waals surface area contributed by atoms with Crippen molar-refractivity contribution >= 4 is 5.97 Å². The van der Waals surface area contributed by atoms with Crippen LogP contribution in [0.1, 0.15) is 44.7 Å². The lowest BCUT2D eigenvalue weighted by Gasteiger charge is -2.02. The van der Waals surface area contributed by atoms with E-state index in [0.29, 0.717) is 6.42 Å². The molecule has 0 amide bonds. The van der Waals surface area contributed by atoms with E-state index in [2.05, 4.69) is 35.9 Å². The minimum Gasteiger partial charge on any atom is -0.469 e. The third-order valence-electron chi connectivity index (χ3n) is 2.51. The van der Waals surface area contributed by atoms with Crippen LogP contribution in [0.3, 0.4) is 0 Å². The average Bonchev–Trinajstić information content (AvgIpc) is 2.41. The van der Waals surface area contributed by atoms with Gasteiger partial charge in [-0.25, -0.2) is 0 Å². The third-order valence-corrected chi connectivity index (χ3v) is 2.51. The maximum atomic E-state index is 10.9. The van der Waals surface area contributed by atoms with Gasteiger partial charge >= 0.3 is 5.97 Å². The van der Waals surface area contributed by atoms with Crippen molar-refractivity contribution in [3.8, 4) is 0 Å². The van der Waals surface area contributed by atoms with Gasteiger partial charge in [-0.05, 0) is 30.4 Å². The van der Waals surface area contributed by atoms with Gasteiger partial charge in [0.2, 0.25) is 0 Å². The molecule has 2 heteroatoms. The Kier molecular flexibility index (Phi) is 9.12. The standard InChI is InChI=1S/C13H18O2.C2H6/c1-3-11-7-9-12(10-8-11)5-4-6-13(14)15-2;1-2/h7-10H,3-6H2,1-2H3;1-2H3. The summed E-state index contributed by atoms with van der Waals surface area (Å²) < 4.78 is 4.59. The van der Waals surface area contributed by atoms with Crippen molar-refractivity contribution in [1.29, 1.82) is 0 Å². The van der Waals surface area contributed by atoms with E-state index in [9.17, 15) is 4.79 Å². The molecule has 0 saturated heterocycles. The Morgan fingerprint density at radius 1 is 1.12 bits per heavy atom. The summed E-state index contributed by atoms with van der Waals surface area (Å²) in [6, 6.07) is 8.56. The Balaban J connectivity index is 0.00000121. The third kappa shape index (κ3) is 6.77. The highest BCUT2D eigenvalue weighted by Crippen LogP contribution is 2.08. The van der Waals surface area contributed by atoms with Crippen molar-refractivity contribution in [1.82, 2.24) is 0 Å². The fourth-order valence-corrected chi connectivity index (χ4v) is 1.48. The summed E-state index contributed by atoms with van der Waals surface area (Å²) in [5.41, 5.74) is 2.64. The summed E-state index contributed by atoms with van der Waals surface area (Å²) in [6.07, 6.45) is 3.38. The van der Waals surface area contributed by atoms with E-state index < -0.39 is 0 Å². The van der Waals surface area contributed by atoms with Gasteiger partial charge in [0.1, 0.15) is 0 Å². The van der Waals surface area contributed by atoms with E-state index in [1.807, 2.05) is 13.8 Å². The number of hydrogen-bond acceptors (Lipinski definition) is 2. The number of hydrogen-bond donors (Lipinski definition) is 0. The van der Waals surface area contributed by atoms with Gasteiger partial charge in [0, 0.05) is 6.42 Å². The molecule has 17 heavy (non-hydrogen) atoms.